The Morgan fingerprint density at radius 1 is 0.967 bits per heavy atom. The molecular weight excluding hydrogens is 378 g/mol. The fraction of sp³-hybridized carbons (Fsp3) is 0.760. The lowest BCUT2D eigenvalue weighted by molar-refractivity contribution is -0.390. The summed E-state index contributed by atoms with van der Waals surface area (Å²) < 4.78 is 12.7. The Morgan fingerprint density at radius 2 is 1.70 bits per heavy atom. The molecule has 2 unspecified atom stereocenters. The smallest absolute Gasteiger partial charge is 0.210 e. The lowest BCUT2D eigenvalue weighted by Crippen LogP contribution is -2.59. The molecule has 2 N–H and O–H groups in total. The van der Waals surface area contributed by atoms with Gasteiger partial charge in [-0.05, 0) is 93.4 Å². The Balaban J connectivity index is 1.15. The van der Waals surface area contributed by atoms with Gasteiger partial charge in [-0.15, -0.1) is 0 Å². The molecule has 5 saturated carbocycles. The van der Waals surface area contributed by atoms with Gasteiger partial charge in [0.25, 0.3) is 0 Å². The molecule has 164 valence electrons. The van der Waals surface area contributed by atoms with Crippen molar-refractivity contribution in [1.82, 2.24) is 0 Å². The number of hydrogen-bond acceptors (Lipinski definition) is 5. The van der Waals surface area contributed by atoms with Crippen molar-refractivity contribution in [2.24, 2.45) is 29.4 Å². The quantitative estimate of drug-likeness (QED) is 0.549. The largest absolute Gasteiger partial charge is 0.494 e. The van der Waals surface area contributed by atoms with E-state index >= 15 is 0 Å². The molecule has 5 aliphatic carbocycles. The van der Waals surface area contributed by atoms with E-state index in [1.165, 1.54) is 44.1 Å². The predicted molar refractivity (Wildman–Crippen MR) is 113 cm³/mol. The zero-order valence-corrected chi connectivity index (χ0v) is 17.9. The SMILES string of the molecule is NCCCOc1ccc(C2CCCC3(C2)OOC2(O3)C3CC4CC(C3)CC2C4)cc1. The van der Waals surface area contributed by atoms with Crippen molar-refractivity contribution in [2.45, 2.75) is 81.7 Å². The van der Waals surface area contributed by atoms with Gasteiger partial charge in [0, 0.05) is 24.7 Å². The van der Waals surface area contributed by atoms with E-state index in [1.54, 1.807) is 0 Å². The zero-order chi connectivity index (χ0) is 20.2. The Bertz CT molecular complexity index is 737. The van der Waals surface area contributed by atoms with E-state index in [2.05, 4.69) is 24.3 Å². The molecule has 1 heterocycles. The van der Waals surface area contributed by atoms with Crippen LogP contribution in [0.3, 0.4) is 0 Å². The van der Waals surface area contributed by atoms with Gasteiger partial charge in [-0.2, -0.15) is 9.78 Å². The minimum Gasteiger partial charge on any atom is -0.494 e. The third-order valence-electron chi connectivity index (χ3n) is 8.58. The van der Waals surface area contributed by atoms with Crippen molar-refractivity contribution in [3.63, 3.8) is 0 Å². The third kappa shape index (κ3) is 3.21. The molecule has 2 atom stereocenters. The molecule has 5 heteroatoms. The van der Waals surface area contributed by atoms with Crippen LogP contribution < -0.4 is 10.5 Å². The van der Waals surface area contributed by atoms with Crippen LogP contribution in [0.15, 0.2) is 24.3 Å². The monoisotopic (exact) mass is 413 g/mol. The summed E-state index contributed by atoms with van der Waals surface area (Å²) in [5.74, 6) is 3.18. The highest BCUT2D eigenvalue weighted by atomic mass is 17.3. The average molecular weight is 414 g/mol. The van der Waals surface area contributed by atoms with E-state index in [1.807, 2.05) is 0 Å². The topological polar surface area (TPSA) is 62.9 Å². The van der Waals surface area contributed by atoms with E-state index in [-0.39, 0.29) is 0 Å². The average Bonchev–Trinajstić information content (AvgIpc) is 3.12. The molecule has 5 nitrogen and oxygen atoms in total. The van der Waals surface area contributed by atoms with Gasteiger partial charge in [-0.25, -0.2) is 0 Å². The Kier molecular flexibility index (Phi) is 4.87. The Morgan fingerprint density at radius 3 is 2.40 bits per heavy atom. The van der Waals surface area contributed by atoms with Crippen LogP contribution in [0.25, 0.3) is 0 Å². The van der Waals surface area contributed by atoms with E-state index in [0.29, 0.717) is 30.9 Å². The van der Waals surface area contributed by atoms with Crippen LogP contribution in [0, 0.1) is 23.7 Å². The van der Waals surface area contributed by atoms with Crippen molar-refractivity contribution < 1.29 is 19.2 Å². The van der Waals surface area contributed by atoms with Gasteiger partial charge < -0.3 is 15.2 Å². The maximum absolute atomic E-state index is 6.91. The Labute approximate surface area is 179 Å². The molecule has 1 aromatic carbocycles. The first-order chi connectivity index (χ1) is 14.7. The minimum absolute atomic E-state index is 0.437. The second kappa shape index (κ2) is 7.47. The molecule has 30 heavy (non-hydrogen) atoms. The van der Waals surface area contributed by atoms with Crippen molar-refractivity contribution in [3.8, 4) is 5.75 Å². The zero-order valence-electron chi connectivity index (χ0n) is 17.9. The number of rotatable bonds is 5. The highest BCUT2D eigenvalue weighted by Crippen LogP contribution is 2.64. The van der Waals surface area contributed by atoms with Crippen molar-refractivity contribution in [3.05, 3.63) is 29.8 Å². The second-order valence-corrected chi connectivity index (χ2v) is 10.6. The first-order valence-electron chi connectivity index (χ1n) is 12.2. The van der Waals surface area contributed by atoms with Crippen LogP contribution in [0.2, 0.25) is 0 Å². The van der Waals surface area contributed by atoms with Crippen LogP contribution in [0.5, 0.6) is 5.75 Å². The van der Waals surface area contributed by atoms with Gasteiger partial charge in [-0.1, -0.05) is 12.1 Å². The van der Waals surface area contributed by atoms with Crippen LogP contribution in [-0.4, -0.2) is 24.7 Å². The molecule has 1 aromatic rings. The second-order valence-electron chi connectivity index (χ2n) is 10.6. The summed E-state index contributed by atoms with van der Waals surface area (Å²) in [5, 5.41) is 0. The summed E-state index contributed by atoms with van der Waals surface area (Å²) in [7, 11) is 0. The summed E-state index contributed by atoms with van der Waals surface area (Å²) in [6.07, 6.45) is 11.5. The van der Waals surface area contributed by atoms with E-state index < -0.39 is 11.6 Å². The lowest BCUT2D eigenvalue weighted by atomic mass is 9.53. The highest BCUT2D eigenvalue weighted by Gasteiger charge is 2.67. The Hall–Kier alpha value is -1.14. The maximum Gasteiger partial charge on any atom is 0.210 e. The first kappa shape index (κ1) is 19.5. The fourth-order valence-corrected chi connectivity index (χ4v) is 7.37. The van der Waals surface area contributed by atoms with Gasteiger partial charge in [-0.3, -0.25) is 0 Å². The summed E-state index contributed by atoms with van der Waals surface area (Å²) in [4.78, 5) is 12.4. The van der Waals surface area contributed by atoms with E-state index in [0.717, 1.165) is 43.3 Å². The normalized spacial score (nSPS) is 44.2. The summed E-state index contributed by atoms with van der Waals surface area (Å²) in [6.45, 7) is 1.34. The molecule has 0 amide bonds. The number of nitrogens with two attached hydrogens (primary N) is 1. The minimum atomic E-state index is -0.561. The van der Waals surface area contributed by atoms with Crippen molar-refractivity contribution >= 4 is 0 Å². The van der Waals surface area contributed by atoms with Gasteiger partial charge in [0.2, 0.25) is 11.6 Å². The molecule has 7 rings (SSSR count). The lowest BCUT2D eigenvalue weighted by Gasteiger charge is -2.57. The van der Waals surface area contributed by atoms with E-state index in [4.69, 9.17) is 25.0 Å². The molecular formula is C25H35NO4. The third-order valence-corrected chi connectivity index (χ3v) is 8.58. The summed E-state index contributed by atoms with van der Waals surface area (Å²) in [6, 6.07) is 8.57. The van der Waals surface area contributed by atoms with Crippen molar-refractivity contribution in [1.29, 1.82) is 0 Å². The van der Waals surface area contributed by atoms with Gasteiger partial charge >= 0.3 is 0 Å². The molecule has 6 aliphatic rings. The standard InChI is InChI=1S/C25H35NO4/c26-9-2-10-27-23-6-4-19(5-7-23)20-3-1-8-24(16-20)28-25(30-29-24)21-12-17-11-18(14-21)15-22(25)13-17/h4-7,17-18,20-22H,1-3,8-16,26H2. The van der Waals surface area contributed by atoms with Crippen LogP contribution in [0.1, 0.15) is 75.7 Å². The predicted octanol–water partition coefficient (Wildman–Crippen LogP) is 4.90. The molecule has 0 radical (unpaired) electrons. The molecule has 6 fully saturated rings. The van der Waals surface area contributed by atoms with Gasteiger partial charge in [0.1, 0.15) is 5.75 Å². The molecule has 2 spiro atoms. The van der Waals surface area contributed by atoms with Gasteiger partial charge in [0.05, 0.1) is 6.61 Å². The summed E-state index contributed by atoms with van der Waals surface area (Å²) >= 11 is 0. The van der Waals surface area contributed by atoms with Gasteiger partial charge in [0.15, 0.2) is 0 Å². The molecule has 1 aliphatic heterocycles. The van der Waals surface area contributed by atoms with E-state index in [9.17, 15) is 0 Å². The highest BCUT2D eigenvalue weighted by molar-refractivity contribution is 5.30. The molecule has 0 aromatic heterocycles. The number of ether oxygens (including phenoxy) is 2. The number of benzene rings is 1. The van der Waals surface area contributed by atoms with Crippen molar-refractivity contribution in [2.75, 3.05) is 13.2 Å². The first-order valence-corrected chi connectivity index (χ1v) is 12.2. The van der Waals surface area contributed by atoms with Crippen LogP contribution >= 0.6 is 0 Å². The van der Waals surface area contributed by atoms with Crippen LogP contribution in [-0.2, 0) is 14.5 Å². The molecule has 4 bridgehead atoms. The maximum atomic E-state index is 6.91. The summed E-state index contributed by atoms with van der Waals surface area (Å²) in [5.41, 5.74) is 6.89. The fourth-order valence-electron chi connectivity index (χ4n) is 7.37. The number of hydrogen-bond donors (Lipinski definition) is 1. The van der Waals surface area contributed by atoms with Crippen LogP contribution in [0.4, 0.5) is 0 Å². The molecule has 1 saturated heterocycles.